The Hall–Kier alpha value is -2.31. The number of aryl methyl sites for hydroxylation is 1. The highest BCUT2D eigenvalue weighted by Gasteiger charge is 2.37. The summed E-state index contributed by atoms with van der Waals surface area (Å²) in [5.74, 6) is -0.266. The molecule has 0 spiro atoms. The highest BCUT2D eigenvalue weighted by Crippen LogP contribution is 2.36. The Morgan fingerprint density at radius 3 is 2.27 bits per heavy atom. The number of rotatable bonds is 7. The van der Waals surface area contributed by atoms with E-state index in [1.165, 1.54) is 5.56 Å². The first-order valence-corrected chi connectivity index (χ1v) is 8.73. The highest BCUT2D eigenvalue weighted by atomic mass is 19.4. The Balaban J connectivity index is 2.40. The first-order chi connectivity index (χ1) is 12.3. The Morgan fingerprint density at radius 2 is 1.77 bits per heavy atom. The molecule has 0 aliphatic carbocycles. The van der Waals surface area contributed by atoms with Crippen molar-refractivity contribution in [3.8, 4) is 5.88 Å². The van der Waals surface area contributed by atoms with Crippen molar-refractivity contribution in [1.29, 1.82) is 0 Å². The Morgan fingerprint density at radius 1 is 1.12 bits per heavy atom. The third kappa shape index (κ3) is 4.86. The lowest BCUT2D eigenvalue weighted by Gasteiger charge is -2.23. The minimum absolute atomic E-state index is 0.180. The molecule has 0 unspecified atom stereocenters. The Labute approximate surface area is 152 Å². The summed E-state index contributed by atoms with van der Waals surface area (Å²) in [5, 5.41) is 0. The number of halogens is 3. The van der Waals surface area contributed by atoms with Gasteiger partial charge in [0.05, 0.1) is 6.10 Å². The average Bonchev–Trinajstić information content (AvgIpc) is 2.56. The minimum Gasteiger partial charge on any atom is -0.474 e. The largest absolute Gasteiger partial charge is 0.474 e. The molecule has 0 saturated heterocycles. The highest BCUT2D eigenvalue weighted by molar-refractivity contribution is 5.58. The predicted octanol–water partition coefficient (Wildman–Crippen LogP) is 5.39. The van der Waals surface area contributed by atoms with Gasteiger partial charge in [0.25, 0.3) is 0 Å². The topological polar surface area (TPSA) is 38.2 Å². The van der Waals surface area contributed by atoms with E-state index in [2.05, 4.69) is 16.9 Å². The number of ether oxygens (including phenoxy) is 1. The van der Waals surface area contributed by atoms with E-state index in [0.717, 1.165) is 24.7 Å². The van der Waals surface area contributed by atoms with Crippen LogP contribution in [0, 0.1) is 0 Å². The fourth-order valence-corrected chi connectivity index (χ4v) is 2.57. The average molecular weight is 367 g/mol. The number of hydrogen-bond donors (Lipinski definition) is 0. The van der Waals surface area contributed by atoms with E-state index < -0.39 is 23.7 Å². The molecule has 0 atom stereocenters. The number of aromatic nitrogens is 2. The van der Waals surface area contributed by atoms with Gasteiger partial charge >= 0.3 is 6.18 Å². The molecule has 4 nitrogen and oxygen atoms in total. The number of alkyl halides is 3. The second-order valence-corrected chi connectivity index (χ2v) is 6.21. The van der Waals surface area contributed by atoms with Crippen LogP contribution >= 0.6 is 0 Å². The molecule has 0 aliphatic heterocycles. The van der Waals surface area contributed by atoms with Crippen molar-refractivity contribution < 1.29 is 17.9 Å². The Bertz CT molecular complexity index is 715. The molecule has 142 valence electrons. The van der Waals surface area contributed by atoms with Gasteiger partial charge in [0.2, 0.25) is 11.8 Å². The van der Waals surface area contributed by atoms with E-state index in [9.17, 15) is 13.2 Å². The monoisotopic (exact) mass is 367 g/mol. The molecule has 1 aromatic heterocycles. The molecule has 0 N–H and O–H groups in total. The van der Waals surface area contributed by atoms with Gasteiger partial charge in [-0.1, -0.05) is 25.5 Å². The third-order valence-electron chi connectivity index (χ3n) is 3.74. The van der Waals surface area contributed by atoms with E-state index in [1.54, 1.807) is 18.7 Å². The molecule has 0 radical (unpaired) electrons. The number of nitrogens with zero attached hydrogens (tertiary/aromatic N) is 3. The number of anilines is 2. The maximum absolute atomic E-state index is 13.2. The van der Waals surface area contributed by atoms with Crippen LogP contribution in [-0.4, -0.2) is 22.6 Å². The van der Waals surface area contributed by atoms with Crippen molar-refractivity contribution >= 4 is 11.6 Å². The van der Waals surface area contributed by atoms with Gasteiger partial charge in [0, 0.05) is 18.4 Å². The summed E-state index contributed by atoms with van der Waals surface area (Å²) in [4.78, 5) is 9.75. The molecule has 1 heterocycles. The van der Waals surface area contributed by atoms with Crippen LogP contribution in [0.3, 0.4) is 0 Å². The summed E-state index contributed by atoms with van der Waals surface area (Å²) in [6, 6.07) is 7.88. The summed E-state index contributed by atoms with van der Waals surface area (Å²) in [7, 11) is 0. The molecule has 0 saturated carbocycles. The fourth-order valence-electron chi connectivity index (χ4n) is 2.57. The summed E-state index contributed by atoms with van der Waals surface area (Å²) in [6.45, 7) is 7.83. The van der Waals surface area contributed by atoms with Gasteiger partial charge in [-0.3, -0.25) is 0 Å². The van der Waals surface area contributed by atoms with Crippen molar-refractivity contribution in [2.24, 2.45) is 0 Å². The lowest BCUT2D eigenvalue weighted by atomic mass is 10.1. The summed E-state index contributed by atoms with van der Waals surface area (Å²) in [6.07, 6.45) is -2.18. The van der Waals surface area contributed by atoms with Gasteiger partial charge < -0.3 is 9.64 Å². The van der Waals surface area contributed by atoms with Gasteiger partial charge in [0.15, 0.2) is 0 Å². The van der Waals surface area contributed by atoms with Crippen LogP contribution in [0.1, 0.15) is 45.2 Å². The normalized spacial score (nSPS) is 11.7. The van der Waals surface area contributed by atoms with Gasteiger partial charge in [-0.25, -0.2) is 4.98 Å². The zero-order valence-electron chi connectivity index (χ0n) is 15.5. The molecular weight excluding hydrogens is 343 g/mol. The molecule has 2 aromatic rings. The SMILES string of the molecule is CCCc1ccc(N(CC)c2ncc(C(F)(F)F)c(OC(C)C)n2)cc1. The van der Waals surface area contributed by atoms with Gasteiger partial charge in [0.1, 0.15) is 5.56 Å². The van der Waals surface area contributed by atoms with E-state index in [4.69, 9.17) is 4.74 Å². The van der Waals surface area contributed by atoms with Crippen LogP contribution in [0.5, 0.6) is 5.88 Å². The quantitative estimate of drug-likeness (QED) is 0.657. The first kappa shape index (κ1) is 20.0. The van der Waals surface area contributed by atoms with E-state index in [-0.39, 0.29) is 5.95 Å². The molecule has 2 rings (SSSR count). The number of benzene rings is 1. The van der Waals surface area contributed by atoms with Crippen molar-refractivity contribution in [3.63, 3.8) is 0 Å². The van der Waals surface area contributed by atoms with Crippen LogP contribution < -0.4 is 9.64 Å². The van der Waals surface area contributed by atoms with Crippen molar-refractivity contribution in [3.05, 3.63) is 41.6 Å². The lowest BCUT2D eigenvalue weighted by molar-refractivity contribution is -0.139. The molecule has 0 amide bonds. The molecule has 26 heavy (non-hydrogen) atoms. The van der Waals surface area contributed by atoms with Crippen LogP contribution in [0.4, 0.5) is 24.8 Å². The van der Waals surface area contributed by atoms with E-state index >= 15 is 0 Å². The Kier molecular flexibility index (Phi) is 6.45. The smallest absolute Gasteiger partial charge is 0.423 e. The lowest BCUT2D eigenvalue weighted by Crippen LogP contribution is -2.21. The van der Waals surface area contributed by atoms with Gasteiger partial charge in [-0.05, 0) is 44.9 Å². The summed E-state index contributed by atoms with van der Waals surface area (Å²) in [5.41, 5.74) is 1.07. The second kappa shape index (κ2) is 8.38. The van der Waals surface area contributed by atoms with Crippen LogP contribution in [0.2, 0.25) is 0 Å². The zero-order chi connectivity index (χ0) is 19.3. The molecule has 7 heteroatoms. The maximum atomic E-state index is 13.2. The fraction of sp³-hybridized carbons (Fsp3) is 0.474. The molecule has 0 aliphatic rings. The van der Waals surface area contributed by atoms with Crippen LogP contribution in [-0.2, 0) is 12.6 Å². The molecule has 0 fully saturated rings. The first-order valence-electron chi connectivity index (χ1n) is 8.73. The van der Waals surface area contributed by atoms with E-state index in [0.29, 0.717) is 6.54 Å². The van der Waals surface area contributed by atoms with Crippen molar-refractivity contribution in [1.82, 2.24) is 9.97 Å². The number of hydrogen-bond acceptors (Lipinski definition) is 4. The van der Waals surface area contributed by atoms with Crippen molar-refractivity contribution in [2.75, 3.05) is 11.4 Å². The predicted molar refractivity (Wildman–Crippen MR) is 95.9 cm³/mol. The van der Waals surface area contributed by atoms with Gasteiger partial charge in [-0.2, -0.15) is 18.2 Å². The minimum atomic E-state index is -4.57. The second-order valence-electron chi connectivity index (χ2n) is 6.21. The molecule has 1 aromatic carbocycles. The summed E-state index contributed by atoms with van der Waals surface area (Å²) >= 11 is 0. The molecular formula is C19H24F3N3O. The maximum Gasteiger partial charge on any atom is 0.423 e. The third-order valence-corrected chi connectivity index (χ3v) is 3.74. The molecule has 0 bridgehead atoms. The van der Waals surface area contributed by atoms with Gasteiger partial charge in [-0.15, -0.1) is 0 Å². The van der Waals surface area contributed by atoms with Crippen molar-refractivity contribution in [2.45, 2.75) is 52.8 Å². The van der Waals surface area contributed by atoms with E-state index in [1.807, 2.05) is 31.2 Å². The van der Waals surface area contributed by atoms with Crippen LogP contribution in [0.25, 0.3) is 0 Å². The summed E-state index contributed by atoms with van der Waals surface area (Å²) < 4.78 is 44.8. The van der Waals surface area contributed by atoms with Crippen LogP contribution in [0.15, 0.2) is 30.5 Å². The zero-order valence-corrected chi connectivity index (χ0v) is 15.5. The standard InChI is InChI=1S/C19H24F3N3O/c1-5-7-14-8-10-15(11-9-14)25(6-2)18-23-12-16(19(20,21)22)17(24-18)26-13(3)4/h8-13H,5-7H2,1-4H3.